The van der Waals surface area contributed by atoms with Gasteiger partial charge >= 0.3 is 0 Å². The molecule has 1 N–H and O–H groups in total. The van der Waals surface area contributed by atoms with Gasteiger partial charge in [0.05, 0.1) is 24.4 Å². The van der Waals surface area contributed by atoms with E-state index in [1.165, 1.54) is 36.6 Å². The molecule has 1 aromatic heterocycles. The van der Waals surface area contributed by atoms with Crippen molar-refractivity contribution < 1.29 is 27.9 Å². The fraction of sp³-hybridized carbons (Fsp3) is 0.130. The van der Waals surface area contributed by atoms with Crippen molar-refractivity contribution in [2.24, 2.45) is 0 Å². The number of Topliss-reactive ketones (excluding diaryl/α,β-unsaturated/α-hetero) is 1. The van der Waals surface area contributed by atoms with Gasteiger partial charge in [0, 0.05) is 11.1 Å². The highest BCUT2D eigenvalue weighted by molar-refractivity contribution is 6.46. The van der Waals surface area contributed by atoms with Gasteiger partial charge in [-0.1, -0.05) is 30.3 Å². The van der Waals surface area contributed by atoms with Gasteiger partial charge in [-0.25, -0.2) is 8.78 Å². The molecule has 1 amide bonds. The molecule has 1 fully saturated rings. The maximum atomic E-state index is 14.7. The largest absolute Gasteiger partial charge is 0.507 e. The number of ketones is 1. The van der Waals surface area contributed by atoms with Crippen LogP contribution in [0.25, 0.3) is 5.76 Å². The van der Waals surface area contributed by atoms with E-state index in [2.05, 4.69) is 0 Å². The molecule has 0 saturated carbocycles. The maximum absolute atomic E-state index is 14.7. The number of aliphatic hydroxyl groups is 1. The first kappa shape index (κ1) is 19.6. The molecule has 1 aliphatic heterocycles. The van der Waals surface area contributed by atoms with Gasteiger partial charge in [0.1, 0.15) is 23.2 Å². The van der Waals surface area contributed by atoms with Gasteiger partial charge in [0.15, 0.2) is 0 Å². The van der Waals surface area contributed by atoms with Gasteiger partial charge in [-0.05, 0) is 36.8 Å². The highest BCUT2D eigenvalue weighted by atomic mass is 19.1. The molecule has 152 valence electrons. The third-order valence-electron chi connectivity index (χ3n) is 5.09. The van der Waals surface area contributed by atoms with Crippen LogP contribution in [0, 0.1) is 18.6 Å². The Bertz CT molecular complexity index is 1170. The number of aryl methyl sites for hydroxylation is 1. The number of rotatable bonds is 4. The number of halogens is 2. The van der Waals surface area contributed by atoms with E-state index < -0.39 is 35.1 Å². The molecule has 2 aromatic carbocycles. The third-order valence-corrected chi connectivity index (χ3v) is 5.09. The van der Waals surface area contributed by atoms with Crippen LogP contribution in [-0.2, 0) is 16.1 Å². The molecule has 5 nitrogen and oxygen atoms in total. The normalized spacial score (nSPS) is 18.2. The molecule has 0 aliphatic carbocycles. The Kier molecular flexibility index (Phi) is 4.95. The molecular weight excluding hydrogens is 392 g/mol. The summed E-state index contributed by atoms with van der Waals surface area (Å²) in [6.07, 6.45) is 1.42. The van der Waals surface area contributed by atoms with Gasteiger partial charge < -0.3 is 14.4 Å². The van der Waals surface area contributed by atoms with Crippen molar-refractivity contribution in [2.45, 2.75) is 19.5 Å². The summed E-state index contributed by atoms with van der Waals surface area (Å²) in [4.78, 5) is 26.8. The summed E-state index contributed by atoms with van der Waals surface area (Å²) in [6.45, 7) is 1.45. The summed E-state index contributed by atoms with van der Waals surface area (Å²) in [6, 6.07) is 11.7. The molecule has 4 rings (SSSR count). The average molecular weight is 409 g/mol. The first-order valence-corrected chi connectivity index (χ1v) is 9.20. The molecule has 30 heavy (non-hydrogen) atoms. The summed E-state index contributed by atoms with van der Waals surface area (Å²) in [5.41, 5.74) is 0.114. The van der Waals surface area contributed by atoms with E-state index >= 15 is 0 Å². The summed E-state index contributed by atoms with van der Waals surface area (Å²) in [5, 5.41) is 10.9. The summed E-state index contributed by atoms with van der Waals surface area (Å²) < 4.78 is 34.0. The first-order chi connectivity index (χ1) is 14.4. The van der Waals surface area contributed by atoms with Crippen LogP contribution in [0.1, 0.15) is 28.5 Å². The number of aliphatic hydroxyl groups excluding tert-OH is 1. The minimum atomic E-state index is -1.19. The molecule has 2 heterocycles. The zero-order valence-electron chi connectivity index (χ0n) is 15.9. The second-order valence-corrected chi connectivity index (χ2v) is 6.99. The number of carbonyl (C=O) groups is 2. The minimum absolute atomic E-state index is 0.0236. The van der Waals surface area contributed by atoms with Crippen LogP contribution >= 0.6 is 0 Å². The van der Waals surface area contributed by atoms with E-state index in [1.807, 2.05) is 0 Å². The molecule has 1 atom stereocenters. The Morgan fingerprint density at radius 3 is 2.50 bits per heavy atom. The van der Waals surface area contributed by atoms with Crippen molar-refractivity contribution in [2.75, 3.05) is 0 Å². The number of likely N-dealkylation sites (tertiary alicyclic amines) is 1. The maximum Gasteiger partial charge on any atom is 0.296 e. The third kappa shape index (κ3) is 3.28. The smallest absolute Gasteiger partial charge is 0.296 e. The van der Waals surface area contributed by atoms with Crippen molar-refractivity contribution in [3.05, 3.63) is 101 Å². The number of hydrogen-bond donors (Lipinski definition) is 1. The predicted octanol–water partition coefficient (Wildman–Crippen LogP) is 4.49. The highest BCUT2D eigenvalue weighted by Crippen LogP contribution is 2.41. The van der Waals surface area contributed by atoms with Crippen LogP contribution in [0.4, 0.5) is 8.78 Å². The lowest BCUT2D eigenvalue weighted by Crippen LogP contribution is -2.29. The lowest BCUT2D eigenvalue weighted by atomic mass is 9.94. The number of furan rings is 1. The fourth-order valence-electron chi connectivity index (χ4n) is 3.53. The van der Waals surface area contributed by atoms with Crippen LogP contribution in [-0.4, -0.2) is 21.7 Å². The summed E-state index contributed by atoms with van der Waals surface area (Å²) in [7, 11) is 0. The van der Waals surface area contributed by atoms with Crippen LogP contribution < -0.4 is 0 Å². The van der Waals surface area contributed by atoms with Gasteiger partial charge in [-0.2, -0.15) is 0 Å². The monoisotopic (exact) mass is 409 g/mol. The van der Waals surface area contributed by atoms with Crippen LogP contribution in [0.2, 0.25) is 0 Å². The van der Waals surface area contributed by atoms with Gasteiger partial charge in [0.2, 0.25) is 0 Å². The molecule has 1 aliphatic rings. The number of carbonyl (C=O) groups excluding carboxylic acids is 2. The standard InChI is InChI=1S/C23H17F2NO4/c1-13-8-9-14(11-18(13)25)21(27)19-20(16-6-2-3-7-17(16)24)26(23(29)22(19)28)12-15-5-4-10-30-15/h2-11,20,27H,12H2,1H3/b21-19+. The molecule has 0 bridgehead atoms. The Balaban J connectivity index is 1.90. The van der Waals surface area contributed by atoms with E-state index in [4.69, 9.17) is 4.42 Å². The molecule has 1 unspecified atom stereocenters. The Morgan fingerprint density at radius 1 is 1.07 bits per heavy atom. The molecule has 3 aromatic rings. The van der Waals surface area contributed by atoms with E-state index in [-0.39, 0.29) is 23.2 Å². The predicted molar refractivity (Wildman–Crippen MR) is 104 cm³/mol. The lowest BCUT2D eigenvalue weighted by Gasteiger charge is -2.24. The molecular formula is C23H17F2NO4. The number of benzene rings is 2. The Morgan fingerprint density at radius 2 is 1.83 bits per heavy atom. The second kappa shape index (κ2) is 7.59. The number of amides is 1. The summed E-state index contributed by atoms with van der Waals surface area (Å²) in [5.74, 6) is -3.29. The van der Waals surface area contributed by atoms with Crippen molar-refractivity contribution in [1.29, 1.82) is 0 Å². The Hall–Kier alpha value is -3.74. The van der Waals surface area contributed by atoms with Crippen molar-refractivity contribution in [3.8, 4) is 0 Å². The highest BCUT2D eigenvalue weighted by Gasteiger charge is 2.47. The van der Waals surface area contributed by atoms with Crippen LogP contribution in [0.3, 0.4) is 0 Å². The molecule has 7 heteroatoms. The minimum Gasteiger partial charge on any atom is -0.507 e. The van der Waals surface area contributed by atoms with Crippen LogP contribution in [0.15, 0.2) is 70.9 Å². The van der Waals surface area contributed by atoms with Crippen LogP contribution in [0.5, 0.6) is 0 Å². The SMILES string of the molecule is Cc1ccc(/C(O)=C2\C(=O)C(=O)N(Cc3ccco3)C2c2ccccc2F)cc1F. The Labute approximate surface area is 170 Å². The lowest BCUT2D eigenvalue weighted by molar-refractivity contribution is -0.140. The first-order valence-electron chi connectivity index (χ1n) is 9.20. The zero-order chi connectivity index (χ0) is 21.4. The number of hydrogen-bond acceptors (Lipinski definition) is 4. The van der Waals surface area contributed by atoms with Gasteiger partial charge in [-0.3, -0.25) is 9.59 Å². The summed E-state index contributed by atoms with van der Waals surface area (Å²) >= 11 is 0. The van der Waals surface area contributed by atoms with E-state index in [1.54, 1.807) is 25.1 Å². The zero-order valence-corrected chi connectivity index (χ0v) is 15.9. The number of nitrogens with zero attached hydrogens (tertiary/aromatic N) is 1. The van der Waals surface area contributed by atoms with Crippen molar-refractivity contribution in [3.63, 3.8) is 0 Å². The van der Waals surface area contributed by atoms with E-state index in [9.17, 15) is 23.5 Å². The molecule has 1 saturated heterocycles. The van der Waals surface area contributed by atoms with Gasteiger partial charge in [0.25, 0.3) is 11.7 Å². The molecule has 0 radical (unpaired) electrons. The fourth-order valence-corrected chi connectivity index (χ4v) is 3.53. The van der Waals surface area contributed by atoms with Gasteiger partial charge in [-0.15, -0.1) is 0 Å². The van der Waals surface area contributed by atoms with E-state index in [0.29, 0.717) is 11.3 Å². The van der Waals surface area contributed by atoms with Crippen molar-refractivity contribution in [1.82, 2.24) is 4.90 Å². The van der Waals surface area contributed by atoms with E-state index in [0.717, 1.165) is 11.0 Å². The molecule has 0 spiro atoms. The second-order valence-electron chi connectivity index (χ2n) is 6.99. The van der Waals surface area contributed by atoms with Crippen molar-refractivity contribution >= 4 is 17.4 Å². The topological polar surface area (TPSA) is 70.8 Å². The quantitative estimate of drug-likeness (QED) is 0.392. The average Bonchev–Trinajstić information content (AvgIpc) is 3.32.